The third-order valence-corrected chi connectivity index (χ3v) is 3.84. The molecule has 0 aliphatic carbocycles. The fraction of sp³-hybridized carbons (Fsp3) is 0.143. The molecule has 0 aliphatic heterocycles. The second kappa shape index (κ2) is 6.56. The fourth-order valence-corrected chi connectivity index (χ4v) is 2.56. The minimum atomic E-state index is -0.383. The number of methoxy groups -OCH3 is 1. The van der Waals surface area contributed by atoms with Gasteiger partial charge in [0.15, 0.2) is 0 Å². The number of nitrogens with two attached hydrogens (primary N) is 1. The Balaban J connectivity index is 2.35. The van der Waals surface area contributed by atoms with Crippen LogP contribution in [0.15, 0.2) is 39.3 Å². The van der Waals surface area contributed by atoms with Crippen molar-refractivity contribution in [2.45, 2.75) is 6.54 Å². The summed E-state index contributed by atoms with van der Waals surface area (Å²) in [6.07, 6.45) is 0. The van der Waals surface area contributed by atoms with Crippen LogP contribution >= 0.6 is 31.9 Å². The van der Waals surface area contributed by atoms with Crippen LogP contribution in [0.3, 0.4) is 0 Å². The molecule has 0 unspecified atom stereocenters. The smallest absolute Gasteiger partial charge is 0.143 e. The molecule has 0 saturated carbocycles. The second-order valence-corrected chi connectivity index (χ2v) is 5.73. The molecule has 106 valence electrons. The van der Waals surface area contributed by atoms with Crippen LogP contribution in [0.25, 0.3) is 0 Å². The van der Waals surface area contributed by atoms with Gasteiger partial charge in [-0.2, -0.15) is 0 Å². The van der Waals surface area contributed by atoms with E-state index in [0.29, 0.717) is 27.3 Å². The van der Waals surface area contributed by atoms with Crippen LogP contribution in [-0.2, 0) is 6.54 Å². The summed E-state index contributed by atoms with van der Waals surface area (Å²) in [5.41, 5.74) is 6.19. The van der Waals surface area contributed by atoms with Crippen molar-refractivity contribution in [1.82, 2.24) is 0 Å². The molecule has 0 saturated heterocycles. The Morgan fingerprint density at radius 3 is 2.35 bits per heavy atom. The molecule has 0 aliphatic rings. The summed E-state index contributed by atoms with van der Waals surface area (Å²) in [5.74, 6) is 1.23. The van der Waals surface area contributed by atoms with Crippen LogP contribution in [0, 0.1) is 5.82 Å². The molecule has 0 spiro atoms. The second-order valence-electron chi connectivity index (χ2n) is 4.02. The van der Waals surface area contributed by atoms with E-state index in [2.05, 4.69) is 31.9 Å². The van der Waals surface area contributed by atoms with E-state index in [-0.39, 0.29) is 12.4 Å². The standard InChI is InChI=1S/C14H12Br2FNO2/c1-19-13-5-12(16)14(6-11(13)15)20-10-3-8(7-18)2-9(17)4-10/h2-6H,7,18H2,1H3. The molecule has 2 aromatic rings. The predicted molar refractivity (Wildman–Crippen MR) is 82.8 cm³/mol. The molecule has 0 bridgehead atoms. The lowest BCUT2D eigenvalue weighted by Gasteiger charge is -2.12. The van der Waals surface area contributed by atoms with Crippen LogP contribution in [0.4, 0.5) is 4.39 Å². The van der Waals surface area contributed by atoms with Gasteiger partial charge in [-0.25, -0.2) is 4.39 Å². The van der Waals surface area contributed by atoms with E-state index in [1.807, 2.05) is 0 Å². The van der Waals surface area contributed by atoms with Crippen molar-refractivity contribution in [2.24, 2.45) is 5.73 Å². The van der Waals surface area contributed by atoms with Gasteiger partial charge in [-0.05, 0) is 61.7 Å². The number of hydrogen-bond donors (Lipinski definition) is 1. The van der Waals surface area contributed by atoms with Gasteiger partial charge in [0.05, 0.1) is 16.1 Å². The largest absolute Gasteiger partial charge is 0.496 e. The number of halogens is 3. The SMILES string of the molecule is COc1cc(Br)c(Oc2cc(F)cc(CN)c2)cc1Br. The van der Waals surface area contributed by atoms with Gasteiger partial charge in [0, 0.05) is 12.6 Å². The maximum atomic E-state index is 13.4. The Labute approximate surface area is 133 Å². The average Bonchev–Trinajstić information content (AvgIpc) is 2.41. The van der Waals surface area contributed by atoms with Crippen molar-refractivity contribution < 1.29 is 13.9 Å². The van der Waals surface area contributed by atoms with Crippen LogP contribution in [0.2, 0.25) is 0 Å². The fourth-order valence-electron chi connectivity index (χ4n) is 1.67. The van der Waals surface area contributed by atoms with Gasteiger partial charge in [0.25, 0.3) is 0 Å². The summed E-state index contributed by atoms with van der Waals surface area (Å²) in [4.78, 5) is 0. The van der Waals surface area contributed by atoms with Crippen LogP contribution in [0.5, 0.6) is 17.2 Å². The number of benzene rings is 2. The first-order chi connectivity index (χ1) is 9.53. The van der Waals surface area contributed by atoms with Crippen molar-refractivity contribution in [2.75, 3.05) is 7.11 Å². The molecule has 3 nitrogen and oxygen atoms in total. The molecule has 0 fully saturated rings. The Bertz CT molecular complexity index is 635. The van der Waals surface area contributed by atoms with Gasteiger partial charge in [0.1, 0.15) is 23.1 Å². The van der Waals surface area contributed by atoms with Crippen molar-refractivity contribution in [3.63, 3.8) is 0 Å². The maximum Gasteiger partial charge on any atom is 0.143 e. The molecule has 2 N–H and O–H groups in total. The van der Waals surface area contributed by atoms with E-state index >= 15 is 0 Å². The van der Waals surface area contributed by atoms with Crippen LogP contribution < -0.4 is 15.2 Å². The first-order valence-corrected chi connectivity index (χ1v) is 7.32. The Morgan fingerprint density at radius 2 is 1.70 bits per heavy atom. The van der Waals surface area contributed by atoms with Gasteiger partial charge in [0.2, 0.25) is 0 Å². The number of ether oxygens (including phenoxy) is 2. The highest BCUT2D eigenvalue weighted by Crippen LogP contribution is 2.38. The van der Waals surface area contributed by atoms with E-state index in [1.54, 1.807) is 25.3 Å². The number of hydrogen-bond acceptors (Lipinski definition) is 3. The summed E-state index contributed by atoms with van der Waals surface area (Å²) in [6.45, 7) is 0.252. The lowest BCUT2D eigenvalue weighted by Crippen LogP contribution is -1.98. The Hall–Kier alpha value is -1.11. The zero-order valence-corrected chi connectivity index (χ0v) is 13.8. The quantitative estimate of drug-likeness (QED) is 0.809. The van der Waals surface area contributed by atoms with Gasteiger partial charge < -0.3 is 15.2 Å². The van der Waals surface area contributed by atoms with Crippen molar-refractivity contribution in [1.29, 1.82) is 0 Å². The van der Waals surface area contributed by atoms with E-state index < -0.39 is 0 Å². The van der Waals surface area contributed by atoms with Gasteiger partial charge >= 0.3 is 0 Å². The van der Waals surface area contributed by atoms with Crippen molar-refractivity contribution >= 4 is 31.9 Å². The zero-order valence-electron chi connectivity index (χ0n) is 10.6. The predicted octanol–water partition coefficient (Wildman–Crippen LogP) is 4.61. The highest BCUT2D eigenvalue weighted by Gasteiger charge is 2.10. The summed E-state index contributed by atoms with van der Waals surface area (Å²) in [7, 11) is 1.58. The van der Waals surface area contributed by atoms with E-state index in [9.17, 15) is 4.39 Å². The third-order valence-electron chi connectivity index (χ3n) is 2.60. The highest BCUT2D eigenvalue weighted by molar-refractivity contribution is 9.11. The van der Waals surface area contributed by atoms with E-state index in [1.165, 1.54) is 12.1 Å². The molecule has 6 heteroatoms. The van der Waals surface area contributed by atoms with Gasteiger partial charge in [-0.15, -0.1) is 0 Å². The van der Waals surface area contributed by atoms with Crippen LogP contribution in [0.1, 0.15) is 5.56 Å². The molecule has 2 rings (SSSR count). The normalized spacial score (nSPS) is 10.4. The zero-order chi connectivity index (χ0) is 14.7. The van der Waals surface area contributed by atoms with Gasteiger partial charge in [-0.3, -0.25) is 0 Å². The van der Waals surface area contributed by atoms with E-state index in [4.69, 9.17) is 15.2 Å². The highest BCUT2D eigenvalue weighted by atomic mass is 79.9. The minimum Gasteiger partial charge on any atom is -0.496 e. The van der Waals surface area contributed by atoms with Gasteiger partial charge in [-0.1, -0.05) is 0 Å². The molecule has 0 atom stereocenters. The van der Waals surface area contributed by atoms with Crippen LogP contribution in [-0.4, -0.2) is 7.11 Å². The monoisotopic (exact) mass is 403 g/mol. The van der Waals surface area contributed by atoms with E-state index in [0.717, 1.165) is 4.47 Å². The molecule has 0 radical (unpaired) electrons. The molecule has 2 aromatic carbocycles. The lowest BCUT2D eigenvalue weighted by molar-refractivity contribution is 0.409. The maximum absolute atomic E-state index is 13.4. The summed E-state index contributed by atoms with van der Waals surface area (Å²) in [5, 5.41) is 0. The molecule has 0 amide bonds. The minimum absolute atomic E-state index is 0.252. The third kappa shape index (κ3) is 3.50. The van der Waals surface area contributed by atoms with Crippen molar-refractivity contribution in [3.05, 3.63) is 50.7 Å². The molecular weight excluding hydrogens is 393 g/mol. The Morgan fingerprint density at radius 1 is 1.05 bits per heavy atom. The summed E-state index contributed by atoms with van der Waals surface area (Å²) >= 11 is 6.77. The number of rotatable bonds is 4. The summed E-state index contributed by atoms with van der Waals surface area (Å²) in [6, 6.07) is 7.90. The average molecular weight is 405 g/mol. The Kier molecular flexibility index (Phi) is 5.01. The topological polar surface area (TPSA) is 44.5 Å². The molecule has 20 heavy (non-hydrogen) atoms. The lowest BCUT2D eigenvalue weighted by atomic mass is 10.2. The first kappa shape index (κ1) is 15.3. The molecule has 0 heterocycles. The summed E-state index contributed by atoms with van der Waals surface area (Å²) < 4.78 is 25.8. The first-order valence-electron chi connectivity index (χ1n) is 5.74. The van der Waals surface area contributed by atoms with Crippen molar-refractivity contribution in [3.8, 4) is 17.2 Å². The molecule has 0 aromatic heterocycles. The molecular formula is C14H12Br2FNO2.